The second-order valence-electron chi connectivity index (χ2n) is 5.47. The molecule has 0 saturated carbocycles. The van der Waals surface area contributed by atoms with Crippen LogP contribution in [0.2, 0.25) is 0 Å². The quantitative estimate of drug-likeness (QED) is 0.465. The number of carbonyl (C=O) groups is 2. The Bertz CT molecular complexity index is 929. The van der Waals surface area contributed by atoms with E-state index < -0.39 is 22.5 Å². The fourth-order valence-electron chi connectivity index (χ4n) is 2.32. The van der Waals surface area contributed by atoms with Gasteiger partial charge in [0.25, 0.3) is 10.0 Å². The molecular weight excluding hydrogens is 483 g/mol. The molecule has 2 rings (SSSR count). The first-order valence-electron chi connectivity index (χ1n) is 8.06. The molecule has 0 aliphatic heterocycles. The zero-order valence-electron chi connectivity index (χ0n) is 14.8. The van der Waals surface area contributed by atoms with Crippen molar-refractivity contribution in [1.29, 1.82) is 0 Å². The van der Waals surface area contributed by atoms with Crippen LogP contribution >= 0.6 is 22.6 Å². The summed E-state index contributed by atoms with van der Waals surface area (Å²) in [6.45, 7) is 2.74. The van der Waals surface area contributed by atoms with E-state index in [0.717, 1.165) is 4.31 Å². The summed E-state index contributed by atoms with van der Waals surface area (Å²) >= 11 is 2.02. The molecule has 0 unspecified atom stereocenters. The van der Waals surface area contributed by atoms with E-state index in [4.69, 9.17) is 4.74 Å². The van der Waals surface area contributed by atoms with Crippen molar-refractivity contribution < 1.29 is 22.7 Å². The van der Waals surface area contributed by atoms with E-state index in [-0.39, 0.29) is 17.4 Å². The van der Waals surface area contributed by atoms with E-state index in [1.165, 1.54) is 31.2 Å². The molecule has 144 valence electrons. The van der Waals surface area contributed by atoms with Crippen LogP contribution in [0.15, 0.2) is 53.4 Å². The fourth-order valence-corrected chi connectivity index (χ4v) is 4.59. The molecule has 9 heteroatoms. The predicted octanol–water partition coefficient (Wildman–Crippen LogP) is 3.01. The number of esters is 1. The molecule has 0 aliphatic carbocycles. The maximum absolute atomic E-state index is 13.2. The van der Waals surface area contributed by atoms with Crippen molar-refractivity contribution in [2.24, 2.45) is 0 Å². The van der Waals surface area contributed by atoms with Crippen LogP contribution in [0.3, 0.4) is 0 Å². The summed E-state index contributed by atoms with van der Waals surface area (Å²) in [5, 5.41) is 2.58. The van der Waals surface area contributed by atoms with Gasteiger partial charge in [0.05, 0.1) is 17.2 Å². The molecule has 0 saturated heterocycles. The van der Waals surface area contributed by atoms with Crippen LogP contribution in [-0.2, 0) is 24.3 Å². The summed E-state index contributed by atoms with van der Waals surface area (Å²) < 4.78 is 33.0. The molecule has 1 N–H and O–H groups in total. The predicted molar refractivity (Wildman–Crippen MR) is 111 cm³/mol. The van der Waals surface area contributed by atoms with Crippen LogP contribution in [0.4, 0.5) is 11.4 Å². The molecule has 2 aromatic rings. The highest BCUT2D eigenvalue weighted by atomic mass is 127. The minimum Gasteiger partial charge on any atom is -0.465 e. The first kappa shape index (κ1) is 21.2. The van der Waals surface area contributed by atoms with Crippen molar-refractivity contribution in [3.8, 4) is 0 Å². The van der Waals surface area contributed by atoms with E-state index in [2.05, 4.69) is 5.32 Å². The molecule has 0 spiro atoms. The maximum atomic E-state index is 13.2. The summed E-state index contributed by atoms with van der Waals surface area (Å²) in [5.74, 6) is -0.899. The second-order valence-corrected chi connectivity index (χ2v) is 8.50. The number of halogens is 1. The lowest BCUT2D eigenvalue weighted by Crippen LogP contribution is -2.37. The van der Waals surface area contributed by atoms with E-state index in [1.54, 1.807) is 31.2 Å². The Labute approximate surface area is 171 Å². The molecule has 0 fully saturated rings. The lowest BCUT2D eigenvalue weighted by molar-refractivity contribution is -0.141. The standard InChI is InChI=1S/C18H19IN2O5S/c1-3-26-18(23)12-21(17-7-5-4-6-16(17)19)27(24,25)15-10-8-14(9-11-15)20-13(2)22/h4-11H,3,12H2,1-2H3,(H,20,22). The van der Waals surface area contributed by atoms with Gasteiger partial charge in [-0.1, -0.05) is 12.1 Å². The molecule has 0 heterocycles. The minimum atomic E-state index is -4.02. The summed E-state index contributed by atoms with van der Waals surface area (Å²) in [7, 11) is -4.02. The highest BCUT2D eigenvalue weighted by Gasteiger charge is 2.29. The first-order chi connectivity index (χ1) is 12.8. The number of hydrogen-bond donors (Lipinski definition) is 1. The molecule has 27 heavy (non-hydrogen) atoms. The normalized spacial score (nSPS) is 10.9. The SMILES string of the molecule is CCOC(=O)CN(c1ccccc1I)S(=O)(=O)c1ccc(NC(C)=O)cc1. The smallest absolute Gasteiger partial charge is 0.326 e. The summed E-state index contributed by atoms with van der Waals surface area (Å²) in [6, 6.07) is 12.6. The van der Waals surface area contributed by atoms with E-state index in [0.29, 0.717) is 14.9 Å². The van der Waals surface area contributed by atoms with Crippen LogP contribution in [-0.4, -0.2) is 33.4 Å². The maximum Gasteiger partial charge on any atom is 0.326 e. The van der Waals surface area contributed by atoms with Gasteiger partial charge in [-0.3, -0.25) is 13.9 Å². The largest absolute Gasteiger partial charge is 0.465 e. The molecule has 7 nitrogen and oxygen atoms in total. The summed E-state index contributed by atoms with van der Waals surface area (Å²) in [4.78, 5) is 23.1. The average molecular weight is 502 g/mol. The van der Waals surface area contributed by atoms with Crippen LogP contribution in [0.5, 0.6) is 0 Å². The van der Waals surface area contributed by atoms with Crippen LogP contribution < -0.4 is 9.62 Å². The topological polar surface area (TPSA) is 92.8 Å². The van der Waals surface area contributed by atoms with Crippen molar-refractivity contribution in [2.75, 3.05) is 22.8 Å². The van der Waals surface area contributed by atoms with Crippen molar-refractivity contribution in [3.63, 3.8) is 0 Å². The third-order valence-electron chi connectivity index (χ3n) is 3.46. The van der Waals surface area contributed by atoms with Crippen LogP contribution in [0, 0.1) is 3.57 Å². The molecule has 2 aromatic carbocycles. The zero-order valence-corrected chi connectivity index (χ0v) is 17.8. The van der Waals surface area contributed by atoms with Gasteiger partial charge in [0.2, 0.25) is 5.91 Å². The van der Waals surface area contributed by atoms with Gasteiger partial charge in [0.15, 0.2) is 0 Å². The van der Waals surface area contributed by atoms with Gasteiger partial charge in [-0.15, -0.1) is 0 Å². The lowest BCUT2D eigenvalue weighted by Gasteiger charge is -2.24. The van der Waals surface area contributed by atoms with E-state index in [1.807, 2.05) is 22.6 Å². The molecule has 0 bridgehead atoms. The summed E-state index contributed by atoms with van der Waals surface area (Å²) in [5.41, 5.74) is 0.866. The second kappa shape index (κ2) is 9.18. The Balaban J connectivity index is 2.45. The molecule has 0 radical (unpaired) electrons. The number of nitrogens with zero attached hydrogens (tertiary/aromatic N) is 1. The Morgan fingerprint density at radius 2 is 1.74 bits per heavy atom. The number of anilines is 2. The van der Waals surface area contributed by atoms with Gasteiger partial charge in [0, 0.05) is 16.2 Å². The first-order valence-corrected chi connectivity index (χ1v) is 10.6. The molecular formula is C18H19IN2O5S. The highest BCUT2D eigenvalue weighted by molar-refractivity contribution is 14.1. The molecule has 1 amide bonds. The third-order valence-corrected chi connectivity index (χ3v) is 6.15. The fraction of sp³-hybridized carbons (Fsp3) is 0.222. The Hall–Kier alpha value is -2.14. The molecule has 0 aliphatic rings. The van der Waals surface area contributed by atoms with Crippen molar-refractivity contribution in [2.45, 2.75) is 18.7 Å². The Morgan fingerprint density at radius 1 is 1.11 bits per heavy atom. The average Bonchev–Trinajstić information content (AvgIpc) is 2.60. The number of hydrogen-bond acceptors (Lipinski definition) is 5. The molecule has 0 aromatic heterocycles. The minimum absolute atomic E-state index is 0.000513. The van der Waals surface area contributed by atoms with Gasteiger partial charge < -0.3 is 10.1 Å². The van der Waals surface area contributed by atoms with Crippen LogP contribution in [0.25, 0.3) is 0 Å². The van der Waals surface area contributed by atoms with Crippen molar-refractivity contribution in [3.05, 3.63) is 52.1 Å². The number of nitrogens with one attached hydrogen (secondary N) is 1. The number of para-hydroxylation sites is 1. The van der Waals surface area contributed by atoms with E-state index >= 15 is 0 Å². The highest BCUT2D eigenvalue weighted by Crippen LogP contribution is 2.28. The number of rotatable bonds is 7. The van der Waals surface area contributed by atoms with E-state index in [9.17, 15) is 18.0 Å². The number of amides is 1. The van der Waals surface area contributed by atoms with Gasteiger partial charge >= 0.3 is 5.97 Å². The monoisotopic (exact) mass is 502 g/mol. The Morgan fingerprint density at radius 3 is 2.30 bits per heavy atom. The number of benzene rings is 2. The Kier molecular flexibility index (Phi) is 7.19. The number of carbonyl (C=O) groups excluding carboxylic acids is 2. The zero-order chi connectivity index (χ0) is 20.0. The molecule has 0 atom stereocenters. The van der Waals surface area contributed by atoms with Gasteiger partial charge in [0.1, 0.15) is 6.54 Å². The van der Waals surface area contributed by atoms with Gasteiger partial charge in [-0.05, 0) is 65.9 Å². The van der Waals surface area contributed by atoms with Crippen LogP contribution in [0.1, 0.15) is 13.8 Å². The number of sulfonamides is 1. The van der Waals surface area contributed by atoms with Crippen molar-refractivity contribution in [1.82, 2.24) is 0 Å². The summed E-state index contributed by atoms with van der Waals surface area (Å²) in [6.07, 6.45) is 0. The third kappa shape index (κ3) is 5.42. The lowest BCUT2D eigenvalue weighted by atomic mass is 10.3. The number of ether oxygens (including phenoxy) is 1. The van der Waals surface area contributed by atoms with Crippen molar-refractivity contribution >= 4 is 55.9 Å². The van der Waals surface area contributed by atoms with Gasteiger partial charge in [-0.25, -0.2) is 8.42 Å². The van der Waals surface area contributed by atoms with Gasteiger partial charge in [-0.2, -0.15) is 0 Å².